The zero-order valence-corrected chi connectivity index (χ0v) is 17.4. The fraction of sp³-hybridized carbons (Fsp3) is 0.286. The summed E-state index contributed by atoms with van der Waals surface area (Å²) in [5, 5.41) is 11.2. The van der Waals surface area contributed by atoms with Crippen LogP contribution in [0.2, 0.25) is 0 Å². The van der Waals surface area contributed by atoms with Crippen LogP contribution in [0.3, 0.4) is 0 Å². The number of hydrogen-bond donors (Lipinski definition) is 2. The van der Waals surface area contributed by atoms with Crippen molar-refractivity contribution in [3.05, 3.63) is 36.3 Å². The number of benzene rings is 1. The lowest BCUT2D eigenvalue weighted by molar-refractivity contribution is 0.154. The average Bonchev–Trinajstić information content (AvgIpc) is 3.43. The van der Waals surface area contributed by atoms with Crippen LogP contribution in [0.5, 0.6) is 5.75 Å². The van der Waals surface area contributed by atoms with Gasteiger partial charge in [-0.15, -0.1) is 11.3 Å². The minimum Gasteiger partial charge on any atom is -0.495 e. The summed E-state index contributed by atoms with van der Waals surface area (Å²) in [6.45, 7) is 2.99. The van der Waals surface area contributed by atoms with E-state index in [2.05, 4.69) is 26.7 Å². The Morgan fingerprint density at radius 1 is 1.33 bits per heavy atom. The van der Waals surface area contributed by atoms with Gasteiger partial charge in [-0.1, -0.05) is 6.07 Å². The Balaban J connectivity index is 1.69. The number of carbonyl (C=O) groups is 1. The molecule has 1 aromatic carbocycles. The van der Waals surface area contributed by atoms with Crippen molar-refractivity contribution < 1.29 is 14.6 Å². The molecule has 0 aliphatic carbocycles. The summed E-state index contributed by atoms with van der Waals surface area (Å²) in [6.07, 6.45) is 3.34. The molecule has 1 aliphatic rings. The Hall–Kier alpha value is -3.33. The Kier molecular flexibility index (Phi) is 4.28. The lowest BCUT2D eigenvalue weighted by Crippen LogP contribution is -2.27. The van der Waals surface area contributed by atoms with E-state index in [4.69, 9.17) is 10.5 Å². The molecule has 154 valence electrons. The van der Waals surface area contributed by atoms with Crippen LogP contribution in [-0.4, -0.2) is 50.8 Å². The first kappa shape index (κ1) is 18.7. The molecule has 0 bridgehead atoms. The van der Waals surface area contributed by atoms with Crippen LogP contribution >= 0.6 is 11.3 Å². The number of ether oxygens (including phenoxy) is 1. The number of likely N-dealkylation sites (tertiary alicyclic amines) is 1. The second kappa shape index (κ2) is 6.88. The molecule has 0 spiro atoms. The van der Waals surface area contributed by atoms with Crippen molar-refractivity contribution >= 4 is 44.4 Å². The molecule has 0 unspecified atom stereocenters. The molecule has 3 aromatic heterocycles. The van der Waals surface area contributed by atoms with Crippen LogP contribution in [0.1, 0.15) is 18.0 Å². The first-order chi connectivity index (χ1) is 14.5. The minimum atomic E-state index is -0.893. The van der Waals surface area contributed by atoms with Crippen molar-refractivity contribution in [3.8, 4) is 16.2 Å². The highest BCUT2D eigenvalue weighted by Crippen LogP contribution is 2.43. The number of fused-ring (bicyclic) bond motifs is 2. The number of thiophene rings is 1. The van der Waals surface area contributed by atoms with Gasteiger partial charge in [0.05, 0.1) is 23.2 Å². The van der Waals surface area contributed by atoms with Gasteiger partial charge in [0, 0.05) is 29.7 Å². The molecule has 1 aliphatic heterocycles. The highest BCUT2D eigenvalue weighted by atomic mass is 32.1. The predicted octanol–water partition coefficient (Wildman–Crippen LogP) is 4.14. The van der Waals surface area contributed by atoms with Gasteiger partial charge in [-0.25, -0.2) is 14.8 Å². The van der Waals surface area contributed by atoms with Gasteiger partial charge in [-0.05, 0) is 36.4 Å². The van der Waals surface area contributed by atoms with E-state index >= 15 is 0 Å². The molecule has 3 N–H and O–H groups in total. The monoisotopic (exact) mass is 423 g/mol. The molecule has 4 heterocycles. The quantitative estimate of drug-likeness (QED) is 0.513. The lowest BCUT2D eigenvalue weighted by atomic mass is 10.1. The van der Waals surface area contributed by atoms with E-state index in [1.807, 2.05) is 19.2 Å². The summed E-state index contributed by atoms with van der Waals surface area (Å²) in [7, 11) is 1.68. The third-order valence-electron chi connectivity index (χ3n) is 5.68. The van der Waals surface area contributed by atoms with Crippen LogP contribution in [0.25, 0.3) is 31.6 Å². The summed E-state index contributed by atoms with van der Waals surface area (Å²) in [4.78, 5) is 22.6. The van der Waals surface area contributed by atoms with E-state index in [-0.39, 0.29) is 6.04 Å². The standard InChI is InChI=1S/C21H21N5O3S/c1-11-5-12-7-16(30-18(12)15(6-11)29-2)14-9-26(13-3-4-25(8-13)21(27)28)20-17(14)19(22)23-10-24-20/h5-7,9-10,13H,3-4,8H2,1-2H3,(H,27,28)(H2,22,23,24)/t13-/m1/s1. The number of nitrogen functional groups attached to an aromatic ring is 1. The largest absolute Gasteiger partial charge is 0.495 e. The van der Waals surface area contributed by atoms with Gasteiger partial charge in [0.2, 0.25) is 0 Å². The summed E-state index contributed by atoms with van der Waals surface area (Å²) < 4.78 is 8.71. The second-order valence-electron chi connectivity index (χ2n) is 7.57. The van der Waals surface area contributed by atoms with E-state index in [1.165, 1.54) is 11.2 Å². The number of hydrogen-bond acceptors (Lipinski definition) is 6. The number of anilines is 1. The third kappa shape index (κ3) is 2.85. The maximum Gasteiger partial charge on any atom is 0.407 e. The maximum atomic E-state index is 11.4. The summed E-state index contributed by atoms with van der Waals surface area (Å²) in [5.41, 5.74) is 9.09. The molecular formula is C21H21N5O3S. The molecule has 9 heteroatoms. The molecule has 1 atom stereocenters. The Morgan fingerprint density at radius 3 is 2.90 bits per heavy atom. The highest BCUT2D eigenvalue weighted by Gasteiger charge is 2.29. The van der Waals surface area contributed by atoms with Crippen molar-refractivity contribution in [2.75, 3.05) is 25.9 Å². The molecule has 0 radical (unpaired) electrons. The molecule has 1 amide bonds. The van der Waals surface area contributed by atoms with Crippen molar-refractivity contribution in [1.29, 1.82) is 0 Å². The molecule has 4 aromatic rings. The van der Waals surface area contributed by atoms with E-state index < -0.39 is 6.09 Å². The van der Waals surface area contributed by atoms with Crippen LogP contribution < -0.4 is 10.5 Å². The number of nitrogens with two attached hydrogens (primary N) is 1. The first-order valence-corrected chi connectivity index (χ1v) is 10.5. The molecule has 8 nitrogen and oxygen atoms in total. The molecule has 1 fully saturated rings. The number of nitrogens with zero attached hydrogens (tertiary/aromatic N) is 4. The maximum absolute atomic E-state index is 11.4. The number of carboxylic acid groups (broad SMARTS) is 1. The summed E-state index contributed by atoms with van der Waals surface area (Å²) in [5.74, 6) is 1.27. The van der Waals surface area contributed by atoms with Crippen LogP contribution in [0, 0.1) is 6.92 Å². The van der Waals surface area contributed by atoms with Crippen LogP contribution in [0.15, 0.2) is 30.7 Å². The smallest absolute Gasteiger partial charge is 0.407 e. The van der Waals surface area contributed by atoms with Gasteiger partial charge >= 0.3 is 6.09 Å². The SMILES string of the molecule is COc1cc(C)cc2cc(-c3cn([C@@H]4CCN(C(=O)O)C4)c4ncnc(N)c34)sc12. The number of amides is 1. The summed E-state index contributed by atoms with van der Waals surface area (Å²) >= 11 is 1.64. The highest BCUT2D eigenvalue weighted by molar-refractivity contribution is 7.22. The average molecular weight is 423 g/mol. The number of aryl methyl sites for hydroxylation is 1. The van der Waals surface area contributed by atoms with E-state index in [0.29, 0.717) is 18.9 Å². The van der Waals surface area contributed by atoms with Crippen molar-refractivity contribution in [2.24, 2.45) is 0 Å². The molecule has 0 saturated carbocycles. The second-order valence-corrected chi connectivity index (χ2v) is 8.63. The minimum absolute atomic E-state index is 0.0119. The third-order valence-corrected chi connectivity index (χ3v) is 6.88. The van der Waals surface area contributed by atoms with Crippen molar-refractivity contribution in [1.82, 2.24) is 19.4 Å². The van der Waals surface area contributed by atoms with Crippen molar-refractivity contribution in [3.63, 3.8) is 0 Å². The molecule has 5 rings (SSSR count). The van der Waals surface area contributed by atoms with Crippen LogP contribution in [-0.2, 0) is 0 Å². The Labute approximate surface area is 176 Å². The summed E-state index contributed by atoms with van der Waals surface area (Å²) in [6, 6.07) is 6.32. The van der Waals surface area contributed by atoms with Gasteiger partial charge in [-0.2, -0.15) is 0 Å². The Bertz CT molecular complexity index is 1300. The van der Waals surface area contributed by atoms with E-state index in [9.17, 15) is 9.90 Å². The first-order valence-electron chi connectivity index (χ1n) is 9.63. The van der Waals surface area contributed by atoms with Gasteiger partial charge in [0.1, 0.15) is 23.5 Å². The fourth-order valence-corrected chi connectivity index (χ4v) is 5.41. The lowest BCUT2D eigenvalue weighted by Gasteiger charge is -2.14. The van der Waals surface area contributed by atoms with Gasteiger partial charge < -0.3 is 25.0 Å². The zero-order valence-electron chi connectivity index (χ0n) is 16.6. The normalized spacial score (nSPS) is 16.6. The topological polar surface area (TPSA) is 106 Å². The molecular weight excluding hydrogens is 402 g/mol. The van der Waals surface area contributed by atoms with Crippen molar-refractivity contribution in [2.45, 2.75) is 19.4 Å². The number of rotatable bonds is 3. The van der Waals surface area contributed by atoms with Gasteiger partial charge in [0.25, 0.3) is 0 Å². The number of aromatic nitrogens is 3. The molecule has 30 heavy (non-hydrogen) atoms. The van der Waals surface area contributed by atoms with Gasteiger partial charge in [0.15, 0.2) is 0 Å². The van der Waals surface area contributed by atoms with E-state index in [1.54, 1.807) is 18.4 Å². The Morgan fingerprint density at radius 2 is 2.17 bits per heavy atom. The van der Waals surface area contributed by atoms with Crippen LogP contribution in [0.4, 0.5) is 10.6 Å². The number of methoxy groups -OCH3 is 1. The van der Waals surface area contributed by atoms with Gasteiger partial charge in [-0.3, -0.25) is 0 Å². The van der Waals surface area contributed by atoms with E-state index in [0.717, 1.165) is 49.3 Å². The zero-order chi connectivity index (χ0) is 21.0. The predicted molar refractivity (Wildman–Crippen MR) is 117 cm³/mol. The molecule has 1 saturated heterocycles. The fourth-order valence-electron chi connectivity index (χ4n) is 4.26.